The maximum Gasteiger partial charge on any atom is 0.295 e. The molecule has 3 heterocycles. The molecule has 2 fully saturated rings. The third kappa shape index (κ3) is 3.91. The van der Waals surface area contributed by atoms with Crippen molar-refractivity contribution in [3.63, 3.8) is 0 Å². The van der Waals surface area contributed by atoms with E-state index in [0.29, 0.717) is 41.6 Å². The van der Waals surface area contributed by atoms with Crippen molar-refractivity contribution < 1.29 is 33.6 Å². The first-order valence-electron chi connectivity index (χ1n) is 11.1. The monoisotopic (exact) mass is 451 g/mol. The van der Waals surface area contributed by atoms with E-state index < -0.39 is 17.7 Å². The van der Waals surface area contributed by atoms with Gasteiger partial charge in [0, 0.05) is 18.7 Å². The normalized spacial score (nSPS) is 23.4. The third-order valence-corrected chi connectivity index (χ3v) is 6.12. The van der Waals surface area contributed by atoms with Crippen LogP contribution < -0.4 is 14.2 Å². The average molecular weight is 451 g/mol. The minimum Gasteiger partial charge on any atom is -0.507 e. The number of fused-ring (bicyclic) bond motifs is 1. The predicted molar refractivity (Wildman–Crippen MR) is 118 cm³/mol. The summed E-state index contributed by atoms with van der Waals surface area (Å²) in [5, 5.41) is 11.2. The number of likely N-dealkylation sites (tertiary alicyclic amines) is 1. The number of ether oxygens (including phenoxy) is 4. The molecule has 8 nitrogen and oxygen atoms in total. The van der Waals surface area contributed by atoms with E-state index in [1.165, 1.54) is 4.90 Å². The molecule has 0 spiro atoms. The fourth-order valence-corrected chi connectivity index (χ4v) is 4.53. The van der Waals surface area contributed by atoms with E-state index in [4.69, 9.17) is 18.9 Å². The fraction of sp³-hybridized carbons (Fsp3) is 0.360. The molecule has 1 amide bonds. The molecule has 172 valence electrons. The number of benzene rings is 2. The van der Waals surface area contributed by atoms with Crippen LogP contribution in [0.5, 0.6) is 17.2 Å². The number of Topliss-reactive ketones (excluding diaryl/α,β-unsaturated/α-hetero) is 1. The van der Waals surface area contributed by atoms with E-state index in [1.807, 2.05) is 19.1 Å². The van der Waals surface area contributed by atoms with Gasteiger partial charge in [-0.2, -0.15) is 0 Å². The molecule has 0 saturated carbocycles. The lowest BCUT2D eigenvalue weighted by molar-refractivity contribution is -0.140. The van der Waals surface area contributed by atoms with Gasteiger partial charge in [-0.1, -0.05) is 12.1 Å². The number of ketones is 1. The van der Waals surface area contributed by atoms with Gasteiger partial charge in [-0.25, -0.2) is 0 Å². The Labute approximate surface area is 191 Å². The van der Waals surface area contributed by atoms with E-state index in [-0.39, 0.29) is 30.8 Å². The second-order valence-electron chi connectivity index (χ2n) is 8.16. The fourth-order valence-electron chi connectivity index (χ4n) is 4.53. The van der Waals surface area contributed by atoms with Gasteiger partial charge < -0.3 is 29.0 Å². The molecule has 2 aromatic rings. The molecule has 2 saturated heterocycles. The van der Waals surface area contributed by atoms with Gasteiger partial charge in [-0.15, -0.1) is 0 Å². The summed E-state index contributed by atoms with van der Waals surface area (Å²) in [5.41, 5.74) is 1.13. The summed E-state index contributed by atoms with van der Waals surface area (Å²) in [6.07, 6.45) is 1.60. The molecule has 33 heavy (non-hydrogen) atoms. The van der Waals surface area contributed by atoms with Crippen LogP contribution in [-0.4, -0.2) is 54.4 Å². The smallest absolute Gasteiger partial charge is 0.295 e. The van der Waals surface area contributed by atoms with Crippen molar-refractivity contribution in [3.05, 3.63) is 59.2 Å². The lowest BCUT2D eigenvalue weighted by atomic mass is 9.95. The van der Waals surface area contributed by atoms with Crippen molar-refractivity contribution in [2.24, 2.45) is 0 Å². The zero-order valence-electron chi connectivity index (χ0n) is 18.3. The highest BCUT2D eigenvalue weighted by atomic mass is 16.7. The van der Waals surface area contributed by atoms with Crippen LogP contribution in [0.4, 0.5) is 0 Å². The van der Waals surface area contributed by atoms with Gasteiger partial charge in [-0.05, 0) is 55.7 Å². The van der Waals surface area contributed by atoms with Gasteiger partial charge >= 0.3 is 0 Å². The number of hydrogen-bond acceptors (Lipinski definition) is 7. The maximum atomic E-state index is 13.2. The van der Waals surface area contributed by atoms with Gasteiger partial charge in [0.05, 0.1) is 24.3 Å². The molecule has 0 aliphatic carbocycles. The molecule has 0 radical (unpaired) electrons. The van der Waals surface area contributed by atoms with Crippen molar-refractivity contribution >= 4 is 17.4 Å². The van der Waals surface area contributed by atoms with Crippen LogP contribution in [0.15, 0.2) is 48.0 Å². The maximum absolute atomic E-state index is 13.2. The molecular formula is C25H25NO7. The van der Waals surface area contributed by atoms with Crippen LogP contribution in [0.3, 0.4) is 0 Å². The minimum absolute atomic E-state index is 0.0426. The number of carbonyl (C=O) groups excluding carboxylic acids is 2. The van der Waals surface area contributed by atoms with Crippen molar-refractivity contribution in [2.75, 3.05) is 26.6 Å². The molecule has 2 atom stereocenters. The Morgan fingerprint density at radius 3 is 2.64 bits per heavy atom. The number of nitrogens with zero attached hydrogens (tertiary/aromatic N) is 1. The standard InChI is InChI=1S/C25H25NO7/c1-2-30-17-8-5-15(6-9-17)22-21(23(27)16-7-10-19-20(12-16)33-14-32-19)24(28)25(29)26(22)13-18-4-3-11-31-18/h5-10,12,18,22,27H,2-4,11,13-14H2,1H3/b23-21-. The van der Waals surface area contributed by atoms with Crippen LogP contribution in [0.2, 0.25) is 0 Å². The summed E-state index contributed by atoms with van der Waals surface area (Å²) in [4.78, 5) is 27.8. The Kier molecular flexibility index (Phi) is 5.68. The topological polar surface area (TPSA) is 94.5 Å². The van der Waals surface area contributed by atoms with Crippen LogP contribution in [0, 0.1) is 0 Å². The molecule has 1 N–H and O–H groups in total. The van der Waals surface area contributed by atoms with Gasteiger partial charge in [0.1, 0.15) is 11.5 Å². The number of hydrogen-bond donors (Lipinski definition) is 1. The van der Waals surface area contributed by atoms with Crippen LogP contribution in [0.1, 0.15) is 36.9 Å². The minimum atomic E-state index is -0.740. The quantitative estimate of drug-likeness (QED) is 0.409. The highest BCUT2D eigenvalue weighted by molar-refractivity contribution is 6.46. The summed E-state index contributed by atoms with van der Waals surface area (Å²) in [6.45, 7) is 3.44. The van der Waals surface area contributed by atoms with E-state index in [2.05, 4.69) is 0 Å². The molecular weight excluding hydrogens is 426 g/mol. The van der Waals surface area contributed by atoms with Crippen LogP contribution in [-0.2, 0) is 14.3 Å². The van der Waals surface area contributed by atoms with E-state index in [1.54, 1.807) is 30.3 Å². The first-order chi connectivity index (χ1) is 16.1. The molecule has 3 aliphatic heterocycles. The summed E-state index contributed by atoms with van der Waals surface area (Å²) >= 11 is 0. The third-order valence-electron chi connectivity index (χ3n) is 6.12. The Morgan fingerprint density at radius 2 is 1.91 bits per heavy atom. The van der Waals surface area contributed by atoms with Gasteiger partial charge in [0.25, 0.3) is 11.7 Å². The molecule has 0 aromatic heterocycles. The molecule has 3 aliphatic rings. The Balaban J connectivity index is 1.58. The highest BCUT2D eigenvalue weighted by Crippen LogP contribution is 2.42. The average Bonchev–Trinajstić information content (AvgIpc) is 3.56. The Bertz CT molecular complexity index is 1100. The van der Waals surface area contributed by atoms with Crippen molar-refractivity contribution in [1.29, 1.82) is 0 Å². The lowest BCUT2D eigenvalue weighted by Gasteiger charge is -2.27. The number of amides is 1. The Morgan fingerprint density at radius 1 is 1.12 bits per heavy atom. The largest absolute Gasteiger partial charge is 0.507 e. The molecule has 2 aromatic carbocycles. The lowest BCUT2D eigenvalue weighted by Crippen LogP contribution is -2.36. The number of aliphatic hydroxyl groups excluding tert-OH is 1. The summed E-state index contributed by atoms with van der Waals surface area (Å²) < 4.78 is 22.0. The van der Waals surface area contributed by atoms with Gasteiger partial charge in [0.15, 0.2) is 11.5 Å². The summed E-state index contributed by atoms with van der Waals surface area (Å²) in [6, 6.07) is 11.4. The predicted octanol–water partition coefficient (Wildman–Crippen LogP) is 3.41. The van der Waals surface area contributed by atoms with Gasteiger partial charge in [0.2, 0.25) is 6.79 Å². The Hall–Kier alpha value is -3.52. The first-order valence-corrected chi connectivity index (χ1v) is 11.1. The zero-order valence-corrected chi connectivity index (χ0v) is 18.3. The zero-order chi connectivity index (χ0) is 22.9. The number of carbonyl (C=O) groups is 2. The van der Waals surface area contributed by atoms with Crippen LogP contribution >= 0.6 is 0 Å². The molecule has 8 heteroatoms. The highest BCUT2D eigenvalue weighted by Gasteiger charge is 2.47. The van der Waals surface area contributed by atoms with E-state index in [9.17, 15) is 14.7 Å². The summed E-state index contributed by atoms with van der Waals surface area (Å²) in [5.74, 6) is 0.112. The molecule has 0 bridgehead atoms. The van der Waals surface area contributed by atoms with Crippen molar-refractivity contribution in [3.8, 4) is 17.2 Å². The first kappa shape index (κ1) is 21.3. The van der Waals surface area contributed by atoms with Gasteiger partial charge in [-0.3, -0.25) is 9.59 Å². The summed E-state index contributed by atoms with van der Waals surface area (Å²) in [7, 11) is 0. The second kappa shape index (κ2) is 8.78. The van der Waals surface area contributed by atoms with Crippen molar-refractivity contribution in [2.45, 2.75) is 31.9 Å². The number of aliphatic hydroxyl groups is 1. The van der Waals surface area contributed by atoms with Crippen molar-refractivity contribution in [1.82, 2.24) is 4.90 Å². The van der Waals surface area contributed by atoms with E-state index in [0.717, 1.165) is 12.8 Å². The molecule has 2 unspecified atom stereocenters. The van der Waals surface area contributed by atoms with Crippen LogP contribution in [0.25, 0.3) is 5.76 Å². The number of rotatable bonds is 6. The van der Waals surface area contributed by atoms with E-state index >= 15 is 0 Å². The second-order valence-corrected chi connectivity index (χ2v) is 8.16. The molecule has 5 rings (SSSR count). The SMILES string of the molecule is CCOc1ccc(C2/C(=C(/O)c3ccc4c(c3)OCO4)C(=O)C(=O)N2CC2CCCO2)cc1.